The van der Waals surface area contributed by atoms with Crippen molar-refractivity contribution in [1.82, 2.24) is 0 Å². The molecule has 0 aliphatic heterocycles. The molecule has 0 heterocycles. The summed E-state index contributed by atoms with van der Waals surface area (Å²) >= 11 is 0. The van der Waals surface area contributed by atoms with Gasteiger partial charge in [0.05, 0.1) is 12.1 Å². The number of anilines is 2. The zero-order valence-electron chi connectivity index (χ0n) is 16.3. The fourth-order valence-electron chi connectivity index (χ4n) is 4.72. The molecule has 0 bridgehead atoms. The molecule has 28 heavy (non-hydrogen) atoms. The molecule has 4 aromatic carbocycles. The van der Waals surface area contributed by atoms with Gasteiger partial charge in [-0.2, -0.15) is 0 Å². The number of hydrogen-bond acceptors (Lipinski definition) is 2. The zero-order valence-corrected chi connectivity index (χ0v) is 16.3. The van der Waals surface area contributed by atoms with Crippen LogP contribution in [0.5, 0.6) is 0 Å². The van der Waals surface area contributed by atoms with Crippen LogP contribution < -0.4 is 9.80 Å². The minimum atomic E-state index is 0.244. The lowest BCUT2D eigenvalue weighted by Crippen LogP contribution is -2.35. The Labute approximate surface area is 166 Å². The van der Waals surface area contributed by atoms with Gasteiger partial charge in [0.1, 0.15) is 0 Å². The predicted molar refractivity (Wildman–Crippen MR) is 119 cm³/mol. The molecular formula is C26H24N2. The minimum absolute atomic E-state index is 0.244. The van der Waals surface area contributed by atoms with E-state index in [0.29, 0.717) is 0 Å². The molecule has 0 radical (unpaired) electrons. The van der Waals surface area contributed by atoms with E-state index in [2.05, 4.69) is 121 Å². The first kappa shape index (κ1) is 16.9. The van der Waals surface area contributed by atoms with Crippen molar-refractivity contribution in [3.63, 3.8) is 0 Å². The van der Waals surface area contributed by atoms with Crippen molar-refractivity contribution < 1.29 is 0 Å². The standard InChI is InChI=1S/C26H24N2/c1-27(20-13-5-3-6-14-20)25-22-17-9-11-19-12-10-18-23(24(19)22)26(25)28(2)21-15-7-4-8-16-21/h3-18,25-26H,1-2H3. The Morgan fingerprint density at radius 3 is 1.36 bits per heavy atom. The average molecular weight is 364 g/mol. The fourth-order valence-corrected chi connectivity index (χ4v) is 4.72. The summed E-state index contributed by atoms with van der Waals surface area (Å²) in [7, 11) is 4.44. The Morgan fingerprint density at radius 2 is 0.929 bits per heavy atom. The first-order valence-electron chi connectivity index (χ1n) is 9.83. The van der Waals surface area contributed by atoms with E-state index in [0.717, 1.165) is 0 Å². The third-order valence-electron chi connectivity index (χ3n) is 6.07. The average Bonchev–Trinajstić information content (AvgIpc) is 3.10. The van der Waals surface area contributed by atoms with Gasteiger partial charge in [-0.25, -0.2) is 0 Å². The lowest BCUT2D eigenvalue weighted by atomic mass is 10.0. The van der Waals surface area contributed by atoms with Crippen LogP contribution in [-0.4, -0.2) is 14.1 Å². The van der Waals surface area contributed by atoms with Crippen molar-refractivity contribution in [2.45, 2.75) is 12.1 Å². The minimum Gasteiger partial charge on any atom is -0.365 e. The first-order valence-corrected chi connectivity index (χ1v) is 9.83. The normalized spacial score (nSPS) is 17.6. The lowest BCUT2D eigenvalue weighted by molar-refractivity contribution is 0.543. The SMILES string of the molecule is CN(c1ccccc1)C1c2cccc3cccc(c23)C1N(C)c1ccccc1. The summed E-state index contributed by atoms with van der Waals surface area (Å²) in [6.07, 6.45) is 0. The van der Waals surface area contributed by atoms with E-state index in [1.54, 1.807) is 0 Å². The molecular weight excluding hydrogens is 340 g/mol. The van der Waals surface area contributed by atoms with Gasteiger partial charge in [0.2, 0.25) is 0 Å². The molecule has 0 saturated carbocycles. The third-order valence-corrected chi connectivity index (χ3v) is 6.07. The Balaban J connectivity index is 1.70. The number of benzene rings is 4. The van der Waals surface area contributed by atoms with E-state index >= 15 is 0 Å². The number of hydrogen-bond donors (Lipinski definition) is 0. The number of rotatable bonds is 4. The molecule has 0 amide bonds. The van der Waals surface area contributed by atoms with E-state index < -0.39 is 0 Å². The van der Waals surface area contributed by atoms with Crippen LogP contribution in [0.15, 0.2) is 97.1 Å². The monoisotopic (exact) mass is 364 g/mol. The van der Waals surface area contributed by atoms with Gasteiger partial charge in [-0.3, -0.25) is 0 Å². The Morgan fingerprint density at radius 1 is 0.500 bits per heavy atom. The van der Waals surface area contributed by atoms with Crippen molar-refractivity contribution in [3.8, 4) is 0 Å². The maximum Gasteiger partial charge on any atom is 0.0790 e. The second kappa shape index (κ2) is 6.72. The first-order chi connectivity index (χ1) is 13.8. The van der Waals surface area contributed by atoms with Crippen LogP contribution in [0.4, 0.5) is 11.4 Å². The van der Waals surface area contributed by atoms with Crippen LogP contribution >= 0.6 is 0 Å². The van der Waals surface area contributed by atoms with Crippen molar-refractivity contribution in [2.24, 2.45) is 0 Å². The Kier molecular flexibility index (Phi) is 4.05. The highest BCUT2D eigenvalue weighted by atomic mass is 15.2. The molecule has 0 N–H and O–H groups in total. The smallest absolute Gasteiger partial charge is 0.0790 e. The Bertz CT molecular complexity index is 1020. The largest absolute Gasteiger partial charge is 0.365 e. The van der Waals surface area contributed by atoms with Gasteiger partial charge < -0.3 is 9.80 Å². The molecule has 138 valence electrons. The van der Waals surface area contributed by atoms with Gasteiger partial charge in [0.25, 0.3) is 0 Å². The van der Waals surface area contributed by atoms with Crippen LogP contribution in [0.1, 0.15) is 23.2 Å². The van der Waals surface area contributed by atoms with E-state index in [-0.39, 0.29) is 12.1 Å². The molecule has 2 nitrogen and oxygen atoms in total. The summed E-state index contributed by atoms with van der Waals surface area (Å²) in [5, 5.41) is 2.73. The summed E-state index contributed by atoms with van der Waals surface area (Å²) in [5.41, 5.74) is 5.30. The highest BCUT2D eigenvalue weighted by Crippen LogP contribution is 2.50. The van der Waals surface area contributed by atoms with E-state index in [4.69, 9.17) is 0 Å². The van der Waals surface area contributed by atoms with Gasteiger partial charge in [-0.1, -0.05) is 72.8 Å². The van der Waals surface area contributed by atoms with Crippen molar-refractivity contribution in [1.29, 1.82) is 0 Å². The molecule has 2 unspecified atom stereocenters. The van der Waals surface area contributed by atoms with Crippen LogP contribution in [-0.2, 0) is 0 Å². The summed E-state index contributed by atoms with van der Waals surface area (Å²) in [5.74, 6) is 0. The molecule has 4 aromatic rings. The number of likely N-dealkylation sites (N-methyl/N-ethyl adjacent to an activating group) is 2. The maximum absolute atomic E-state index is 2.43. The molecule has 0 saturated heterocycles. The molecule has 0 spiro atoms. The molecule has 0 fully saturated rings. The summed E-state index contributed by atoms with van der Waals surface area (Å²) < 4.78 is 0. The third kappa shape index (κ3) is 2.56. The molecule has 5 rings (SSSR count). The predicted octanol–water partition coefficient (Wildman–Crippen LogP) is 6.21. The summed E-state index contributed by atoms with van der Waals surface area (Å²) in [6.45, 7) is 0. The second-order valence-electron chi connectivity index (χ2n) is 7.58. The van der Waals surface area contributed by atoms with Gasteiger partial charge in [0, 0.05) is 25.5 Å². The maximum atomic E-state index is 2.43. The molecule has 1 aliphatic carbocycles. The highest BCUT2D eigenvalue weighted by molar-refractivity contribution is 5.93. The lowest BCUT2D eigenvalue weighted by Gasteiger charge is -2.38. The molecule has 0 aromatic heterocycles. The molecule has 1 aliphatic rings. The number of para-hydroxylation sites is 2. The second-order valence-corrected chi connectivity index (χ2v) is 7.58. The number of nitrogens with zero attached hydrogens (tertiary/aromatic N) is 2. The van der Waals surface area contributed by atoms with Crippen molar-refractivity contribution >= 4 is 22.1 Å². The van der Waals surface area contributed by atoms with E-state index in [1.807, 2.05) is 0 Å². The van der Waals surface area contributed by atoms with Crippen LogP contribution in [0, 0.1) is 0 Å². The van der Waals surface area contributed by atoms with Gasteiger partial charge in [-0.05, 0) is 46.2 Å². The topological polar surface area (TPSA) is 6.48 Å². The summed E-state index contributed by atoms with van der Waals surface area (Å²) in [4.78, 5) is 4.86. The zero-order chi connectivity index (χ0) is 19.1. The Hall–Kier alpha value is -3.26. The molecule has 2 atom stereocenters. The quantitative estimate of drug-likeness (QED) is 0.425. The molecule has 2 heteroatoms. The van der Waals surface area contributed by atoms with Gasteiger partial charge in [-0.15, -0.1) is 0 Å². The highest BCUT2D eigenvalue weighted by Gasteiger charge is 2.39. The van der Waals surface area contributed by atoms with Crippen molar-refractivity contribution in [3.05, 3.63) is 108 Å². The van der Waals surface area contributed by atoms with Gasteiger partial charge >= 0.3 is 0 Å². The van der Waals surface area contributed by atoms with Gasteiger partial charge in [0.15, 0.2) is 0 Å². The van der Waals surface area contributed by atoms with E-state index in [9.17, 15) is 0 Å². The summed E-state index contributed by atoms with van der Waals surface area (Å²) in [6, 6.07) is 35.3. The van der Waals surface area contributed by atoms with Crippen molar-refractivity contribution in [2.75, 3.05) is 23.9 Å². The fraction of sp³-hybridized carbons (Fsp3) is 0.154. The van der Waals surface area contributed by atoms with Crippen LogP contribution in [0.3, 0.4) is 0 Å². The van der Waals surface area contributed by atoms with E-state index in [1.165, 1.54) is 33.3 Å². The van der Waals surface area contributed by atoms with Crippen LogP contribution in [0.25, 0.3) is 10.8 Å². The van der Waals surface area contributed by atoms with Crippen LogP contribution in [0.2, 0.25) is 0 Å².